The van der Waals surface area contributed by atoms with Crippen molar-refractivity contribution in [2.75, 3.05) is 20.1 Å². The summed E-state index contributed by atoms with van der Waals surface area (Å²) in [6.45, 7) is 9.47. The zero-order chi connectivity index (χ0) is 12.0. The predicted molar refractivity (Wildman–Crippen MR) is 71.8 cm³/mol. The van der Waals surface area contributed by atoms with Crippen LogP contribution in [0.5, 0.6) is 0 Å². The number of likely N-dealkylation sites (N-methyl/N-ethyl adjacent to an activating group) is 1. The van der Waals surface area contributed by atoms with Crippen LogP contribution in [0.3, 0.4) is 0 Å². The highest BCUT2D eigenvalue weighted by Gasteiger charge is 2.31. The molecule has 1 fully saturated rings. The molecule has 2 unspecified atom stereocenters. The lowest BCUT2D eigenvalue weighted by molar-refractivity contribution is 0.175. The Hall–Kier alpha value is -0.0800. The standard InChI is InChI=1S/C14H30N2/c1-5-7-10-16(12(3)6-2)11-14(15-4)13-8-9-13/h12-15H,5-11H2,1-4H3. The van der Waals surface area contributed by atoms with Gasteiger partial charge in [0.1, 0.15) is 0 Å². The smallest absolute Gasteiger partial charge is 0.0220 e. The Labute approximate surface area is 102 Å². The van der Waals surface area contributed by atoms with Crippen LogP contribution in [0.4, 0.5) is 0 Å². The maximum Gasteiger partial charge on any atom is 0.0220 e. The number of nitrogens with one attached hydrogen (secondary N) is 1. The van der Waals surface area contributed by atoms with Crippen molar-refractivity contribution in [3.63, 3.8) is 0 Å². The van der Waals surface area contributed by atoms with Crippen molar-refractivity contribution in [2.45, 2.75) is 65.0 Å². The lowest BCUT2D eigenvalue weighted by atomic mass is 10.1. The zero-order valence-electron chi connectivity index (χ0n) is 11.6. The Balaban J connectivity index is 2.39. The van der Waals surface area contributed by atoms with E-state index in [9.17, 15) is 0 Å². The van der Waals surface area contributed by atoms with E-state index < -0.39 is 0 Å². The first kappa shape index (κ1) is 14.0. The molecule has 0 aliphatic heterocycles. The summed E-state index contributed by atoms with van der Waals surface area (Å²) in [5, 5.41) is 3.51. The molecule has 0 saturated heterocycles. The largest absolute Gasteiger partial charge is 0.315 e. The molecule has 2 atom stereocenters. The van der Waals surface area contributed by atoms with Gasteiger partial charge in [0.15, 0.2) is 0 Å². The molecule has 0 aromatic carbocycles. The van der Waals surface area contributed by atoms with Gasteiger partial charge in [0.25, 0.3) is 0 Å². The van der Waals surface area contributed by atoms with Crippen LogP contribution in [0.25, 0.3) is 0 Å². The Morgan fingerprint density at radius 2 is 2.00 bits per heavy atom. The Morgan fingerprint density at radius 1 is 1.31 bits per heavy atom. The molecule has 0 aromatic heterocycles. The van der Waals surface area contributed by atoms with Crippen LogP contribution in [0.1, 0.15) is 52.9 Å². The Kier molecular flexibility index (Phi) is 6.37. The van der Waals surface area contributed by atoms with Crippen molar-refractivity contribution in [2.24, 2.45) is 5.92 Å². The third-order valence-corrected chi connectivity index (χ3v) is 4.01. The van der Waals surface area contributed by atoms with Crippen LogP contribution in [-0.4, -0.2) is 37.1 Å². The lowest BCUT2D eigenvalue weighted by Crippen LogP contribution is -2.45. The highest BCUT2D eigenvalue weighted by molar-refractivity contribution is 4.88. The summed E-state index contributed by atoms with van der Waals surface area (Å²) in [7, 11) is 2.12. The first-order valence-corrected chi connectivity index (χ1v) is 7.14. The monoisotopic (exact) mass is 226 g/mol. The summed E-state index contributed by atoms with van der Waals surface area (Å²) >= 11 is 0. The minimum absolute atomic E-state index is 0.728. The fourth-order valence-electron chi connectivity index (χ4n) is 2.34. The molecule has 1 saturated carbocycles. The summed E-state index contributed by atoms with van der Waals surface area (Å²) in [6, 6.07) is 1.46. The molecule has 0 amide bonds. The number of hydrogen-bond donors (Lipinski definition) is 1. The van der Waals surface area contributed by atoms with Crippen molar-refractivity contribution in [3.8, 4) is 0 Å². The Bertz CT molecular complexity index is 178. The quantitative estimate of drug-likeness (QED) is 0.650. The van der Waals surface area contributed by atoms with Gasteiger partial charge in [-0.05, 0) is 52.1 Å². The van der Waals surface area contributed by atoms with Gasteiger partial charge in [-0.1, -0.05) is 20.3 Å². The molecule has 1 aliphatic rings. The summed E-state index contributed by atoms with van der Waals surface area (Å²) in [4.78, 5) is 2.68. The molecule has 2 nitrogen and oxygen atoms in total. The number of nitrogens with zero attached hydrogens (tertiary/aromatic N) is 1. The molecule has 1 aliphatic carbocycles. The summed E-state index contributed by atoms with van der Waals surface area (Å²) < 4.78 is 0. The number of hydrogen-bond acceptors (Lipinski definition) is 2. The van der Waals surface area contributed by atoms with Gasteiger partial charge >= 0.3 is 0 Å². The molecule has 16 heavy (non-hydrogen) atoms. The molecular weight excluding hydrogens is 196 g/mol. The van der Waals surface area contributed by atoms with Crippen molar-refractivity contribution in [1.82, 2.24) is 10.2 Å². The van der Waals surface area contributed by atoms with Gasteiger partial charge in [0.05, 0.1) is 0 Å². The first-order chi connectivity index (χ1) is 7.72. The van der Waals surface area contributed by atoms with E-state index >= 15 is 0 Å². The molecule has 0 radical (unpaired) electrons. The average Bonchev–Trinajstić information content (AvgIpc) is 3.12. The molecule has 1 N–H and O–H groups in total. The lowest BCUT2D eigenvalue weighted by Gasteiger charge is -2.32. The van der Waals surface area contributed by atoms with Gasteiger partial charge in [-0.2, -0.15) is 0 Å². The van der Waals surface area contributed by atoms with Crippen molar-refractivity contribution in [1.29, 1.82) is 0 Å². The first-order valence-electron chi connectivity index (χ1n) is 7.14. The predicted octanol–water partition coefficient (Wildman–Crippen LogP) is 2.89. The maximum atomic E-state index is 3.51. The average molecular weight is 226 g/mol. The third-order valence-electron chi connectivity index (χ3n) is 4.01. The van der Waals surface area contributed by atoms with Crippen LogP contribution < -0.4 is 5.32 Å². The molecule has 0 bridgehead atoms. The van der Waals surface area contributed by atoms with Gasteiger partial charge in [-0.15, -0.1) is 0 Å². The van der Waals surface area contributed by atoms with Gasteiger partial charge in [-0.25, -0.2) is 0 Å². The second-order valence-electron chi connectivity index (χ2n) is 5.34. The Morgan fingerprint density at radius 3 is 2.44 bits per heavy atom. The normalized spacial score (nSPS) is 20.1. The van der Waals surface area contributed by atoms with Crippen LogP contribution >= 0.6 is 0 Å². The molecular formula is C14H30N2. The van der Waals surface area contributed by atoms with E-state index in [0.29, 0.717) is 0 Å². The van der Waals surface area contributed by atoms with Gasteiger partial charge in [-0.3, -0.25) is 4.90 Å². The van der Waals surface area contributed by atoms with E-state index in [1.807, 2.05) is 0 Å². The molecule has 2 heteroatoms. The van der Waals surface area contributed by atoms with Crippen LogP contribution in [0, 0.1) is 5.92 Å². The van der Waals surface area contributed by atoms with Crippen molar-refractivity contribution < 1.29 is 0 Å². The maximum absolute atomic E-state index is 3.51. The fraction of sp³-hybridized carbons (Fsp3) is 1.00. The van der Waals surface area contributed by atoms with Crippen LogP contribution in [-0.2, 0) is 0 Å². The minimum atomic E-state index is 0.728. The van der Waals surface area contributed by atoms with Gasteiger partial charge in [0, 0.05) is 18.6 Å². The summed E-state index contributed by atoms with van der Waals surface area (Å²) in [6.07, 6.45) is 6.79. The number of rotatable bonds is 9. The van der Waals surface area contributed by atoms with Crippen molar-refractivity contribution in [3.05, 3.63) is 0 Å². The van der Waals surface area contributed by atoms with Crippen LogP contribution in [0.15, 0.2) is 0 Å². The second-order valence-corrected chi connectivity index (χ2v) is 5.34. The highest BCUT2D eigenvalue weighted by Crippen LogP contribution is 2.33. The van der Waals surface area contributed by atoms with Crippen LogP contribution in [0.2, 0.25) is 0 Å². The topological polar surface area (TPSA) is 15.3 Å². The van der Waals surface area contributed by atoms with Gasteiger partial charge < -0.3 is 5.32 Å². The molecule has 96 valence electrons. The summed E-state index contributed by atoms with van der Waals surface area (Å²) in [5.74, 6) is 0.957. The van der Waals surface area contributed by atoms with E-state index in [2.05, 4.69) is 38.0 Å². The summed E-state index contributed by atoms with van der Waals surface area (Å²) in [5.41, 5.74) is 0. The highest BCUT2D eigenvalue weighted by atomic mass is 15.2. The second kappa shape index (κ2) is 7.29. The molecule has 0 spiro atoms. The van der Waals surface area contributed by atoms with E-state index in [1.54, 1.807) is 0 Å². The number of unbranched alkanes of at least 4 members (excludes halogenated alkanes) is 1. The fourth-order valence-corrected chi connectivity index (χ4v) is 2.34. The molecule has 1 rings (SSSR count). The third kappa shape index (κ3) is 4.42. The van der Waals surface area contributed by atoms with E-state index in [0.717, 1.165) is 18.0 Å². The minimum Gasteiger partial charge on any atom is -0.315 e. The van der Waals surface area contributed by atoms with Gasteiger partial charge in [0.2, 0.25) is 0 Å². The zero-order valence-corrected chi connectivity index (χ0v) is 11.6. The SMILES string of the molecule is CCCCN(CC(NC)C1CC1)C(C)CC. The molecule has 0 heterocycles. The van der Waals surface area contributed by atoms with Crippen molar-refractivity contribution >= 4 is 0 Å². The molecule has 0 aromatic rings. The van der Waals surface area contributed by atoms with E-state index in [-0.39, 0.29) is 0 Å². The van der Waals surface area contributed by atoms with E-state index in [4.69, 9.17) is 0 Å². The van der Waals surface area contributed by atoms with E-state index in [1.165, 1.54) is 45.2 Å².